The fourth-order valence-electron chi connectivity index (χ4n) is 11.2. The maximum absolute atomic E-state index is 13.3. The Kier molecular flexibility index (Phi) is 56.5. The maximum atomic E-state index is 13.3. The van der Waals surface area contributed by atoms with Gasteiger partial charge in [-0.1, -0.05) is 282 Å². The van der Waals surface area contributed by atoms with Gasteiger partial charge in [0, 0.05) is 6.42 Å². The smallest absolute Gasteiger partial charge is 0.220 e. The minimum absolute atomic E-state index is 0.257. The molecule has 2 rings (SSSR count). The van der Waals surface area contributed by atoms with Gasteiger partial charge in [-0.25, -0.2) is 0 Å². The Hall–Kier alpha value is -3.87. The van der Waals surface area contributed by atoms with Gasteiger partial charge in [-0.05, 0) is 109 Å². The molecule has 2 fully saturated rings. The third kappa shape index (κ3) is 45.3. The summed E-state index contributed by atoms with van der Waals surface area (Å²) in [6.07, 6.45) is 75.1. The maximum Gasteiger partial charge on any atom is 0.220 e. The third-order valence-corrected chi connectivity index (χ3v) is 17.0. The first-order valence-corrected chi connectivity index (χ1v) is 36.9. The Morgan fingerprint density at radius 1 is 0.398 bits per heavy atom. The molecule has 0 aromatic heterocycles. The summed E-state index contributed by atoms with van der Waals surface area (Å²) in [5, 5.41) is 87.4. The van der Waals surface area contributed by atoms with Crippen LogP contribution < -0.4 is 5.32 Å². The molecule has 0 saturated carbocycles. The highest BCUT2D eigenvalue weighted by molar-refractivity contribution is 5.76. The van der Waals surface area contributed by atoms with E-state index in [4.69, 9.17) is 18.9 Å². The Bertz CT molecular complexity index is 2070. The Labute approximate surface area is 564 Å². The van der Waals surface area contributed by atoms with Gasteiger partial charge in [-0.15, -0.1) is 0 Å². The molecule has 12 atom stereocenters. The van der Waals surface area contributed by atoms with E-state index < -0.39 is 86.8 Å². The molecule has 0 bridgehead atoms. The van der Waals surface area contributed by atoms with Crippen LogP contribution in [0.25, 0.3) is 0 Å². The van der Waals surface area contributed by atoms with Gasteiger partial charge in [0.1, 0.15) is 48.8 Å². The van der Waals surface area contributed by atoms with Gasteiger partial charge >= 0.3 is 0 Å². The first-order chi connectivity index (χ1) is 45.6. The van der Waals surface area contributed by atoms with E-state index in [2.05, 4.69) is 141 Å². The quantitative estimate of drug-likeness (QED) is 0.0204. The first kappa shape index (κ1) is 85.2. The van der Waals surface area contributed by atoms with Crippen LogP contribution in [0.15, 0.2) is 134 Å². The zero-order valence-electron chi connectivity index (χ0n) is 57.9. The van der Waals surface area contributed by atoms with Gasteiger partial charge in [-0.2, -0.15) is 0 Å². The van der Waals surface area contributed by atoms with Gasteiger partial charge in [-0.3, -0.25) is 4.79 Å². The van der Waals surface area contributed by atoms with Gasteiger partial charge in [0.15, 0.2) is 12.6 Å². The van der Waals surface area contributed by atoms with Crippen molar-refractivity contribution in [1.82, 2.24) is 5.32 Å². The lowest BCUT2D eigenvalue weighted by atomic mass is 9.97. The summed E-state index contributed by atoms with van der Waals surface area (Å²) in [6, 6.07) is -0.947. The molecule has 9 N–H and O–H groups in total. The number of unbranched alkanes of at least 4 members (excludes halogenated alkanes) is 26. The van der Waals surface area contributed by atoms with Crippen LogP contribution in [0.4, 0.5) is 0 Å². The van der Waals surface area contributed by atoms with Crippen molar-refractivity contribution in [3.05, 3.63) is 134 Å². The van der Waals surface area contributed by atoms with Crippen LogP contribution in [0.2, 0.25) is 0 Å². The number of aliphatic hydroxyl groups is 8. The molecule has 0 radical (unpaired) electrons. The van der Waals surface area contributed by atoms with E-state index in [0.29, 0.717) is 12.8 Å². The van der Waals surface area contributed by atoms with Gasteiger partial charge in [0.25, 0.3) is 0 Å². The lowest BCUT2D eigenvalue weighted by molar-refractivity contribution is -0.359. The summed E-state index contributed by atoms with van der Waals surface area (Å²) >= 11 is 0. The topological polar surface area (TPSA) is 228 Å². The normalized spacial score (nSPS) is 23.4. The molecule has 0 aromatic carbocycles. The molecule has 2 aliphatic rings. The lowest BCUT2D eigenvalue weighted by Gasteiger charge is -2.46. The number of ether oxygens (including phenoxy) is 4. The number of hydrogen-bond acceptors (Lipinski definition) is 13. The monoisotopic (exact) mass is 1300 g/mol. The highest BCUT2D eigenvalue weighted by Crippen LogP contribution is 2.30. The van der Waals surface area contributed by atoms with Crippen LogP contribution >= 0.6 is 0 Å². The molecule has 93 heavy (non-hydrogen) atoms. The summed E-state index contributed by atoms with van der Waals surface area (Å²) in [7, 11) is 0. The molecule has 14 heteroatoms. The second-order valence-corrected chi connectivity index (χ2v) is 25.3. The van der Waals surface area contributed by atoms with Gasteiger partial charge < -0.3 is 65.1 Å². The number of aliphatic hydroxyl groups excluding tert-OH is 8. The summed E-state index contributed by atoms with van der Waals surface area (Å²) in [6.45, 7) is 2.66. The highest BCUT2D eigenvalue weighted by Gasteiger charge is 2.51. The molecule has 14 nitrogen and oxygen atoms in total. The number of carbonyl (C=O) groups is 1. The van der Waals surface area contributed by atoms with Crippen molar-refractivity contribution < 1.29 is 64.6 Å². The number of rotatable bonds is 59. The molecule has 532 valence electrons. The van der Waals surface area contributed by atoms with Crippen molar-refractivity contribution in [2.45, 2.75) is 338 Å². The zero-order chi connectivity index (χ0) is 67.3. The minimum atomic E-state index is -1.80. The van der Waals surface area contributed by atoms with Crippen molar-refractivity contribution in [2.24, 2.45) is 0 Å². The highest BCUT2D eigenvalue weighted by atomic mass is 16.7. The summed E-state index contributed by atoms with van der Waals surface area (Å²) < 4.78 is 22.8. The SMILES string of the molecule is CC/C=C\C/C=C\C/C=C\C/C=C\C/C=C\C/C=C\C/C=C\C/C=C\CCCCCCCCCCCCCCCCC(=O)NC(COC1OC(CO)C(OC2OC(CO)C(O)C(O)C2O)C(O)C1O)C(O)/C=C/CC/C=C/CC/C=C/CCCCCCCCCCCC. The number of carbonyl (C=O) groups excluding carboxylic acids is 1. The second kappa shape index (κ2) is 61.7. The largest absolute Gasteiger partial charge is 0.394 e. The molecule has 2 aliphatic heterocycles. The standard InChI is InChI=1S/C79H133NO13/c1-3-5-7-9-11-13-15-17-19-21-23-25-26-27-28-29-30-31-32-33-34-35-36-37-38-39-40-41-42-43-45-47-49-51-53-55-57-59-61-63-71(84)80-67(68(83)62-60-58-56-54-52-50-48-46-44-24-22-20-18-16-14-12-10-8-6-4-2)66-90-78-76(89)74(87)77(70(65-82)92-78)93-79-75(88)73(86)72(85)69(64-81)91-79/h5,7,11,13,17,19,23,25,27-28,30-31,33-34,36-37,44,46,52,54,60,62,67-70,72-79,81-83,85-89H,3-4,6,8-10,12,14-16,18,20-22,24,26,29,32,35,38-43,45,47-51,53,55-59,61,63-66H2,1-2H3,(H,80,84)/b7-5-,13-11-,19-17-,25-23-,28-27-,31-30-,34-33-,37-36-,46-44+,54-52+,62-60+. The predicted molar refractivity (Wildman–Crippen MR) is 382 cm³/mol. The van der Waals surface area contributed by atoms with Crippen molar-refractivity contribution in [2.75, 3.05) is 19.8 Å². The van der Waals surface area contributed by atoms with Crippen LogP contribution in [0.1, 0.15) is 264 Å². The number of allylic oxidation sites excluding steroid dienone is 21. The molecule has 2 saturated heterocycles. The predicted octanol–water partition coefficient (Wildman–Crippen LogP) is 15.8. The van der Waals surface area contributed by atoms with Crippen molar-refractivity contribution in [1.29, 1.82) is 0 Å². The minimum Gasteiger partial charge on any atom is -0.394 e. The summed E-state index contributed by atoms with van der Waals surface area (Å²) in [5.41, 5.74) is 0. The Morgan fingerprint density at radius 3 is 1.18 bits per heavy atom. The van der Waals surface area contributed by atoms with Crippen molar-refractivity contribution in [3.63, 3.8) is 0 Å². The van der Waals surface area contributed by atoms with Crippen molar-refractivity contribution in [3.8, 4) is 0 Å². The number of amides is 1. The van der Waals surface area contributed by atoms with Crippen LogP contribution in [-0.2, 0) is 23.7 Å². The third-order valence-electron chi connectivity index (χ3n) is 17.0. The fraction of sp³-hybridized carbons (Fsp3) is 0.709. The van der Waals surface area contributed by atoms with Crippen LogP contribution in [0.3, 0.4) is 0 Å². The van der Waals surface area contributed by atoms with E-state index >= 15 is 0 Å². The van der Waals surface area contributed by atoms with Crippen LogP contribution in [0.5, 0.6) is 0 Å². The summed E-state index contributed by atoms with van der Waals surface area (Å²) in [4.78, 5) is 13.3. The molecule has 2 heterocycles. The number of nitrogens with one attached hydrogen (secondary N) is 1. The molecule has 0 spiro atoms. The summed E-state index contributed by atoms with van der Waals surface area (Å²) in [5.74, 6) is -0.257. The van der Waals surface area contributed by atoms with Gasteiger partial charge in [0.2, 0.25) is 5.91 Å². The van der Waals surface area contributed by atoms with E-state index in [1.54, 1.807) is 6.08 Å². The van der Waals surface area contributed by atoms with E-state index in [1.165, 1.54) is 128 Å². The van der Waals surface area contributed by atoms with E-state index in [1.807, 2.05) is 6.08 Å². The molecule has 1 amide bonds. The first-order valence-electron chi connectivity index (χ1n) is 36.9. The van der Waals surface area contributed by atoms with E-state index in [-0.39, 0.29) is 18.9 Å². The van der Waals surface area contributed by atoms with Crippen LogP contribution in [0, 0.1) is 0 Å². The van der Waals surface area contributed by atoms with E-state index in [0.717, 1.165) is 103 Å². The molecule has 0 aromatic rings. The van der Waals surface area contributed by atoms with Crippen molar-refractivity contribution >= 4 is 5.91 Å². The average molecular weight is 1300 g/mol. The average Bonchev–Trinajstić information content (AvgIpc) is 0.854. The Balaban J connectivity index is 1.64. The van der Waals surface area contributed by atoms with Gasteiger partial charge in [0.05, 0.1) is 32.0 Å². The second-order valence-electron chi connectivity index (χ2n) is 25.3. The van der Waals surface area contributed by atoms with E-state index in [9.17, 15) is 45.6 Å². The number of hydrogen-bond donors (Lipinski definition) is 9. The van der Waals surface area contributed by atoms with Crippen LogP contribution in [-0.4, -0.2) is 140 Å². The molecule has 12 unspecified atom stereocenters. The fourth-order valence-corrected chi connectivity index (χ4v) is 11.2. The zero-order valence-corrected chi connectivity index (χ0v) is 57.9. The lowest BCUT2D eigenvalue weighted by Crippen LogP contribution is -2.65. The molecular weight excluding hydrogens is 1170 g/mol. The molecular formula is C79H133NO13. The molecule has 0 aliphatic carbocycles. The Morgan fingerprint density at radius 2 is 0.753 bits per heavy atom.